The Bertz CT molecular complexity index is 290. The molecule has 0 amide bonds. The molecule has 6 nitrogen and oxygen atoms in total. The van der Waals surface area contributed by atoms with Crippen molar-refractivity contribution in [3.05, 3.63) is 25.3 Å². The minimum Gasteiger partial charge on any atom is -0.460 e. The van der Waals surface area contributed by atoms with E-state index in [9.17, 15) is 9.59 Å². The molecule has 0 bridgehead atoms. The molecule has 0 atom stereocenters. The molecule has 0 aliphatic carbocycles. The van der Waals surface area contributed by atoms with Crippen molar-refractivity contribution in [2.45, 2.75) is 18.9 Å². The van der Waals surface area contributed by atoms with Gasteiger partial charge in [-0.05, 0) is 0 Å². The van der Waals surface area contributed by atoms with Gasteiger partial charge < -0.3 is 18.9 Å². The number of carbonyl (C=O) groups excluding carboxylic acids is 2. The molecule has 7 heteroatoms. The van der Waals surface area contributed by atoms with Gasteiger partial charge in [0.25, 0.3) is 0 Å². The number of rotatable bonds is 12. The Morgan fingerprint density at radius 3 is 1.80 bits per heavy atom. The fourth-order valence-corrected chi connectivity index (χ4v) is 2.35. The molecule has 0 heterocycles. The van der Waals surface area contributed by atoms with Crippen molar-refractivity contribution in [3.63, 3.8) is 0 Å². The Morgan fingerprint density at radius 2 is 1.45 bits per heavy atom. The van der Waals surface area contributed by atoms with E-state index in [1.165, 1.54) is 0 Å². The van der Waals surface area contributed by atoms with Gasteiger partial charge in [-0.3, -0.25) is 0 Å². The fraction of sp³-hybridized carbons (Fsp3) is 0.538. The molecule has 114 valence electrons. The van der Waals surface area contributed by atoms with Crippen LogP contribution in [-0.4, -0.2) is 53.8 Å². The summed E-state index contributed by atoms with van der Waals surface area (Å²) < 4.78 is 20.5. The highest BCUT2D eigenvalue weighted by molar-refractivity contribution is 6.36. The Labute approximate surface area is 121 Å². The molecule has 0 aromatic rings. The third-order valence-electron chi connectivity index (χ3n) is 2.12. The van der Waals surface area contributed by atoms with Crippen LogP contribution in [-0.2, 0) is 28.5 Å². The molecule has 0 radical (unpaired) electrons. The van der Waals surface area contributed by atoms with Crippen molar-refractivity contribution in [2.24, 2.45) is 0 Å². The van der Waals surface area contributed by atoms with Crippen LogP contribution in [0.15, 0.2) is 25.3 Å². The summed E-state index contributed by atoms with van der Waals surface area (Å²) in [6.07, 6.45) is 2.20. The molecule has 20 heavy (non-hydrogen) atoms. The van der Waals surface area contributed by atoms with Crippen LogP contribution in [0.1, 0.15) is 6.92 Å². The van der Waals surface area contributed by atoms with Gasteiger partial charge in [-0.15, -0.1) is 0 Å². The average molecular weight is 302 g/mol. The molecule has 0 aliphatic heterocycles. The molecule has 0 saturated heterocycles. The first-order chi connectivity index (χ1) is 9.63. The monoisotopic (exact) mass is 302 g/mol. The third-order valence-corrected chi connectivity index (χ3v) is 3.64. The number of hydrogen-bond donors (Lipinski definition) is 0. The van der Waals surface area contributed by atoms with E-state index in [4.69, 9.17) is 18.9 Å². The molecule has 0 unspecified atom stereocenters. The largest absolute Gasteiger partial charge is 0.460 e. The van der Waals surface area contributed by atoms with Crippen molar-refractivity contribution in [1.82, 2.24) is 0 Å². The molecular weight excluding hydrogens is 280 g/mol. The lowest BCUT2D eigenvalue weighted by molar-refractivity contribution is -0.148. The normalized spacial score (nSPS) is 10.7. The topological polar surface area (TPSA) is 71.1 Å². The molecule has 0 N–H and O–H groups in total. The van der Waals surface area contributed by atoms with E-state index in [-0.39, 0.29) is 32.3 Å². The maximum atomic E-state index is 10.8. The van der Waals surface area contributed by atoms with E-state index in [0.717, 1.165) is 18.2 Å². The van der Waals surface area contributed by atoms with E-state index in [0.29, 0.717) is 0 Å². The maximum absolute atomic E-state index is 10.8. The summed E-state index contributed by atoms with van der Waals surface area (Å²) in [6.45, 7) is 9.50. The maximum Gasteiger partial charge on any atom is 0.330 e. The lowest BCUT2D eigenvalue weighted by Gasteiger charge is -2.17. The molecule has 0 spiro atoms. The zero-order chi connectivity index (χ0) is 15.2. The van der Waals surface area contributed by atoms with Crippen molar-refractivity contribution < 1.29 is 28.5 Å². The SMILES string of the molecule is C=CC(=O)OCCOC(OCCOC(=O)C=C)[SiH2]CC. The van der Waals surface area contributed by atoms with Crippen LogP contribution in [0.5, 0.6) is 0 Å². The summed E-state index contributed by atoms with van der Waals surface area (Å²) in [6, 6.07) is 1.02. The first kappa shape index (κ1) is 18.6. The minimum atomic E-state index is -0.535. The number of carbonyl (C=O) groups is 2. The summed E-state index contributed by atoms with van der Waals surface area (Å²) in [4.78, 5) is 21.6. The second-order valence-electron chi connectivity index (χ2n) is 3.70. The summed E-state index contributed by atoms with van der Waals surface area (Å²) in [7, 11) is -0.535. The number of esters is 2. The zero-order valence-corrected chi connectivity index (χ0v) is 13.3. The van der Waals surface area contributed by atoms with Gasteiger partial charge in [-0.25, -0.2) is 9.59 Å². The standard InChI is InChI=1S/C13H22O6Si/c1-4-11(14)16-7-9-18-13(20-6-3)19-10-8-17-12(15)5-2/h4-5,13H,1-2,6-10,20H2,3H3. The van der Waals surface area contributed by atoms with Gasteiger partial charge in [0.05, 0.1) is 22.7 Å². The van der Waals surface area contributed by atoms with Crippen molar-refractivity contribution >= 4 is 21.5 Å². The van der Waals surface area contributed by atoms with Crippen LogP contribution >= 0.6 is 0 Å². The Kier molecular flexibility index (Phi) is 11.7. The highest BCUT2D eigenvalue weighted by atomic mass is 28.2. The van der Waals surface area contributed by atoms with Gasteiger partial charge in [0.15, 0.2) is 0 Å². The Hall–Kier alpha value is -1.44. The quantitative estimate of drug-likeness (QED) is 0.170. The molecule has 0 saturated carbocycles. The highest BCUT2D eigenvalue weighted by Gasteiger charge is 2.09. The van der Waals surface area contributed by atoms with E-state index in [1.807, 2.05) is 0 Å². The molecular formula is C13H22O6Si. The Balaban J connectivity index is 3.74. The first-order valence-corrected chi connectivity index (χ1v) is 8.27. The summed E-state index contributed by atoms with van der Waals surface area (Å²) in [5.74, 6) is -1.23. The lowest BCUT2D eigenvalue weighted by Crippen LogP contribution is -2.28. The first-order valence-electron chi connectivity index (χ1n) is 6.45. The third kappa shape index (κ3) is 10.5. The summed E-state index contributed by atoms with van der Waals surface area (Å²) >= 11 is 0. The van der Waals surface area contributed by atoms with Crippen LogP contribution in [0, 0.1) is 0 Å². The van der Waals surface area contributed by atoms with Gasteiger partial charge in [-0.2, -0.15) is 0 Å². The van der Waals surface area contributed by atoms with E-state index < -0.39 is 21.5 Å². The number of ether oxygens (including phenoxy) is 4. The van der Waals surface area contributed by atoms with Crippen LogP contribution in [0.2, 0.25) is 6.04 Å². The second-order valence-corrected chi connectivity index (χ2v) is 5.95. The average Bonchev–Trinajstić information content (AvgIpc) is 2.46. The second kappa shape index (κ2) is 12.6. The minimum absolute atomic E-state index is 0.161. The van der Waals surface area contributed by atoms with Crippen molar-refractivity contribution in [1.29, 1.82) is 0 Å². The van der Waals surface area contributed by atoms with Crippen LogP contribution < -0.4 is 0 Å². The van der Waals surface area contributed by atoms with Crippen LogP contribution in [0.4, 0.5) is 0 Å². The number of hydrogen-bond acceptors (Lipinski definition) is 6. The van der Waals surface area contributed by atoms with E-state index >= 15 is 0 Å². The molecule has 0 aromatic carbocycles. The molecule has 0 aliphatic rings. The molecule has 0 fully saturated rings. The van der Waals surface area contributed by atoms with E-state index in [1.54, 1.807) is 0 Å². The van der Waals surface area contributed by atoms with Crippen molar-refractivity contribution in [3.8, 4) is 0 Å². The summed E-state index contributed by atoms with van der Waals surface area (Å²) in [5, 5.41) is 0. The lowest BCUT2D eigenvalue weighted by atomic mass is 10.6. The molecule has 0 rings (SSSR count). The Morgan fingerprint density at radius 1 is 1.00 bits per heavy atom. The highest BCUT2D eigenvalue weighted by Crippen LogP contribution is 1.97. The smallest absolute Gasteiger partial charge is 0.330 e. The van der Waals surface area contributed by atoms with Gasteiger partial charge >= 0.3 is 11.9 Å². The van der Waals surface area contributed by atoms with Gasteiger partial charge in [0.2, 0.25) is 0 Å². The fourth-order valence-electron chi connectivity index (χ4n) is 1.21. The predicted octanol–water partition coefficient (Wildman–Crippen LogP) is 0.369. The van der Waals surface area contributed by atoms with Crippen molar-refractivity contribution in [2.75, 3.05) is 26.4 Å². The van der Waals surface area contributed by atoms with Gasteiger partial charge in [0, 0.05) is 12.2 Å². The zero-order valence-electron chi connectivity index (χ0n) is 11.8. The summed E-state index contributed by atoms with van der Waals surface area (Å²) in [5.41, 5.74) is 0. The van der Waals surface area contributed by atoms with Gasteiger partial charge in [0.1, 0.15) is 19.1 Å². The predicted molar refractivity (Wildman–Crippen MR) is 77.0 cm³/mol. The van der Waals surface area contributed by atoms with Crippen LogP contribution in [0.3, 0.4) is 0 Å². The van der Waals surface area contributed by atoms with Crippen LogP contribution in [0.25, 0.3) is 0 Å². The molecule has 0 aromatic heterocycles. The van der Waals surface area contributed by atoms with E-state index in [2.05, 4.69) is 20.1 Å². The van der Waals surface area contributed by atoms with Gasteiger partial charge in [-0.1, -0.05) is 26.1 Å².